The summed E-state index contributed by atoms with van der Waals surface area (Å²) in [5.74, 6) is -2.12. The molecule has 0 aromatic heterocycles. The average molecular weight is 343 g/mol. The van der Waals surface area contributed by atoms with E-state index in [9.17, 15) is 22.6 Å². The minimum absolute atomic E-state index is 0.176. The van der Waals surface area contributed by atoms with Crippen LogP contribution >= 0.6 is 0 Å². The topological polar surface area (TPSA) is 101 Å². The van der Waals surface area contributed by atoms with Crippen molar-refractivity contribution in [1.29, 1.82) is 0 Å². The van der Waals surface area contributed by atoms with Gasteiger partial charge in [-0.05, 0) is 5.56 Å². The molecule has 1 rings (SSSR count). The standard InChI is InChI=1S/C15H21NO6S/c1-11(2)14(18)15(23(19,20)21)16(3)13(17)10-22-9-12-7-5-4-6-8-12/h4-8,11,15H,9-10H2,1-3H3,(H,19,20,21). The van der Waals surface area contributed by atoms with Gasteiger partial charge in [-0.2, -0.15) is 8.42 Å². The normalized spacial score (nSPS) is 12.9. The van der Waals surface area contributed by atoms with Crippen LogP contribution in [0.15, 0.2) is 30.3 Å². The minimum Gasteiger partial charge on any atom is -0.367 e. The van der Waals surface area contributed by atoms with Crippen LogP contribution in [0.5, 0.6) is 0 Å². The molecule has 1 N–H and O–H groups in total. The lowest BCUT2D eigenvalue weighted by Gasteiger charge is -2.25. The van der Waals surface area contributed by atoms with Crippen molar-refractivity contribution in [3.05, 3.63) is 35.9 Å². The highest BCUT2D eigenvalue weighted by Crippen LogP contribution is 2.12. The molecule has 0 fully saturated rings. The maximum Gasteiger partial charge on any atom is 0.293 e. The lowest BCUT2D eigenvalue weighted by Crippen LogP contribution is -2.49. The molecule has 0 radical (unpaired) electrons. The molecule has 23 heavy (non-hydrogen) atoms. The molecule has 0 aliphatic rings. The van der Waals surface area contributed by atoms with E-state index >= 15 is 0 Å². The van der Waals surface area contributed by atoms with E-state index in [2.05, 4.69) is 0 Å². The van der Waals surface area contributed by atoms with Gasteiger partial charge in [-0.15, -0.1) is 0 Å². The molecule has 8 heteroatoms. The molecule has 1 unspecified atom stereocenters. The number of nitrogens with zero attached hydrogens (tertiary/aromatic N) is 1. The smallest absolute Gasteiger partial charge is 0.293 e. The number of amides is 1. The first kappa shape index (κ1) is 19.3. The van der Waals surface area contributed by atoms with Crippen LogP contribution in [-0.2, 0) is 31.1 Å². The van der Waals surface area contributed by atoms with Gasteiger partial charge < -0.3 is 9.64 Å². The van der Waals surface area contributed by atoms with Crippen molar-refractivity contribution in [2.45, 2.75) is 25.8 Å². The number of benzene rings is 1. The Kier molecular flexibility index (Phi) is 6.86. The van der Waals surface area contributed by atoms with Gasteiger partial charge >= 0.3 is 0 Å². The highest BCUT2D eigenvalue weighted by Gasteiger charge is 2.38. The second kappa shape index (κ2) is 8.19. The molecule has 0 spiro atoms. The lowest BCUT2D eigenvalue weighted by molar-refractivity contribution is -0.140. The molecule has 0 heterocycles. The summed E-state index contributed by atoms with van der Waals surface area (Å²) in [6.45, 7) is 2.76. The Morgan fingerprint density at radius 1 is 1.22 bits per heavy atom. The highest BCUT2D eigenvalue weighted by molar-refractivity contribution is 7.87. The number of ketones is 1. The Morgan fingerprint density at radius 2 is 1.78 bits per heavy atom. The first-order valence-electron chi connectivity index (χ1n) is 7.02. The van der Waals surface area contributed by atoms with E-state index in [0.29, 0.717) is 4.90 Å². The Morgan fingerprint density at radius 3 is 2.26 bits per heavy atom. The van der Waals surface area contributed by atoms with E-state index in [0.717, 1.165) is 12.6 Å². The monoisotopic (exact) mass is 343 g/mol. The fourth-order valence-electron chi connectivity index (χ4n) is 1.89. The van der Waals surface area contributed by atoms with Crippen LogP contribution in [-0.4, -0.2) is 48.6 Å². The maximum absolute atomic E-state index is 12.0. The lowest BCUT2D eigenvalue weighted by atomic mass is 10.1. The zero-order chi connectivity index (χ0) is 17.6. The number of hydrogen-bond acceptors (Lipinski definition) is 5. The summed E-state index contributed by atoms with van der Waals surface area (Å²) in [5.41, 5.74) is 0.854. The van der Waals surface area contributed by atoms with Crippen LogP contribution in [0, 0.1) is 5.92 Å². The van der Waals surface area contributed by atoms with Gasteiger partial charge in [-0.25, -0.2) is 0 Å². The summed E-state index contributed by atoms with van der Waals surface area (Å²) in [6.07, 6.45) is 0. The average Bonchev–Trinajstić information content (AvgIpc) is 2.46. The van der Waals surface area contributed by atoms with Gasteiger partial charge in [0.1, 0.15) is 6.61 Å². The number of carbonyl (C=O) groups is 2. The van der Waals surface area contributed by atoms with Crippen molar-refractivity contribution in [2.24, 2.45) is 5.92 Å². The van der Waals surface area contributed by atoms with Crippen LogP contribution in [0.4, 0.5) is 0 Å². The van der Waals surface area contributed by atoms with E-state index < -0.39 is 39.7 Å². The molecule has 0 saturated heterocycles. The number of hydrogen-bond donors (Lipinski definition) is 1. The van der Waals surface area contributed by atoms with Crippen LogP contribution in [0.1, 0.15) is 19.4 Å². The molecule has 1 atom stereocenters. The molecular weight excluding hydrogens is 322 g/mol. The van der Waals surface area contributed by atoms with E-state index in [4.69, 9.17) is 4.74 Å². The summed E-state index contributed by atoms with van der Waals surface area (Å²) in [5, 5.41) is -1.92. The van der Waals surface area contributed by atoms with Crippen LogP contribution in [0.25, 0.3) is 0 Å². The van der Waals surface area contributed by atoms with E-state index in [1.807, 2.05) is 30.3 Å². The molecular formula is C15H21NO6S. The number of ether oxygens (including phenoxy) is 1. The van der Waals surface area contributed by atoms with Gasteiger partial charge in [0, 0.05) is 13.0 Å². The predicted octanol–water partition coefficient (Wildman–Crippen LogP) is 1.10. The second-order valence-electron chi connectivity index (χ2n) is 5.41. The van der Waals surface area contributed by atoms with Gasteiger partial charge in [0.15, 0.2) is 5.78 Å². The Labute approximate surface area is 136 Å². The van der Waals surface area contributed by atoms with Gasteiger partial charge in [0.25, 0.3) is 10.1 Å². The van der Waals surface area contributed by atoms with Crippen molar-refractivity contribution in [2.75, 3.05) is 13.7 Å². The molecule has 0 aliphatic carbocycles. The molecule has 0 saturated carbocycles. The SMILES string of the molecule is CC(C)C(=O)C(N(C)C(=O)COCc1ccccc1)S(=O)(=O)O. The molecule has 1 amide bonds. The van der Waals surface area contributed by atoms with Gasteiger partial charge in [0.05, 0.1) is 6.61 Å². The summed E-state index contributed by atoms with van der Waals surface area (Å²) in [6, 6.07) is 9.12. The van der Waals surface area contributed by atoms with Gasteiger partial charge in [-0.3, -0.25) is 14.1 Å². The van der Waals surface area contributed by atoms with Crippen molar-refractivity contribution < 1.29 is 27.3 Å². The molecule has 0 bridgehead atoms. The van der Waals surface area contributed by atoms with E-state index in [1.54, 1.807) is 0 Å². The van der Waals surface area contributed by atoms with Crippen LogP contribution in [0.3, 0.4) is 0 Å². The third-order valence-electron chi connectivity index (χ3n) is 3.18. The fourth-order valence-corrected chi connectivity index (χ4v) is 2.97. The summed E-state index contributed by atoms with van der Waals surface area (Å²) in [7, 11) is -3.58. The van der Waals surface area contributed by atoms with Crippen LogP contribution in [0.2, 0.25) is 0 Å². The summed E-state index contributed by atoms with van der Waals surface area (Å²) >= 11 is 0. The summed E-state index contributed by atoms with van der Waals surface area (Å²) in [4.78, 5) is 24.7. The molecule has 128 valence electrons. The van der Waals surface area contributed by atoms with Crippen molar-refractivity contribution >= 4 is 21.8 Å². The third kappa shape index (κ3) is 5.74. The van der Waals surface area contributed by atoms with Crippen molar-refractivity contribution in [3.8, 4) is 0 Å². The number of Topliss-reactive ketones (excluding diaryl/α,β-unsaturated/α-hetero) is 1. The zero-order valence-corrected chi connectivity index (χ0v) is 14.1. The molecule has 7 nitrogen and oxygen atoms in total. The van der Waals surface area contributed by atoms with E-state index in [1.165, 1.54) is 13.8 Å². The molecule has 1 aromatic carbocycles. The third-order valence-corrected chi connectivity index (χ3v) is 4.29. The quantitative estimate of drug-likeness (QED) is 0.709. The Hall–Kier alpha value is -1.77. The van der Waals surface area contributed by atoms with Gasteiger partial charge in [0.2, 0.25) is 11.3 Å². The molecule has 1 aromatic rings. The fraction of sp³-hybridized carbons (Fsp3) is 0.467. The largest absolute Gasteiger partial charge is 0.367 e. The number of rotatable bonds is 8. The predicted molar refractivity (Wildman–Crippen MR) is 84.0 cm³/mol. The van der Waals surface area contributed by atoms with Crippen LogP contribution < -0.4 is 0 Å². The van der Waals surface area contributed by atoms with Crippen molar-refractivity contribution in [3.63, 3.8) is 0 Å². The highest BCUT2D eigenvalue weighted by atomic mass is 32.2. The minimum atomic E-state index is -4.73. The zero-order valence-electron chi connectivity index (χ0n) is 13.3. The maximum atomic E-state index is 12.0. The summed E-state index contributed by atoms with van der Waals surface area (Å²) < 4.78 is 37.3. The van der Waals surface area contributed by atoms with Gasteiger partial charge in [-0.1, -0.05) is 44.2 Å². The number of carbonyl (C=O) groups excluding carboxylic acids is 2. The second-order valence-corrected chi connectivity index (χ2v) is 6.88. The van der Waals surface area contributed by atoms with Crippen molar-refractivity contribution in [1.82, 2.24) is 4.90 Å². The molecule has 0 aliphatic heterocycles. The van der Waals surface area contributed by atoms with E-state index in [-0.39, 0.29) is 6.61 Å². The Bertz CT molecular complexity index is 641. The first-order chi connectivity index (χ1) is 10.6. The first-order valence-corrected chi connectivity index (χ1v) is 8.52. The Balaban J connectivity index is 2.70. The number of likely N-dealkylation sites (N-methyl/N-ethyl adjacent to an activating group) is 1.